The first-order valence-electron chi connectivity index (χ1n) is 8.17. The molecule has 1 saturated carbocycles. The van der Waals surface area contributed by atoms with Crippen molar-refractivity contribution >= 4 is 10.1 Å². The molecule has 22 heavy (non-hydrogen) atoms. The monoisotopic (exact) mass is 326 g/mol. The van der Waals surface area contributed by atoms with E-state index in [4.69, 9.17) is 4.18 Å². The van der Waals surface area contributed by atoms with Crippen molar-refractivity contribution in [2.24, 2.45) is 0 Å². The summed E-state index contributed by atoms with van der Waals surface area (Å²) in [5.41, 5.74) is 0.998. The number of aliphatic hydroxyl groups excluding tert-OH is 1. The lowest BCUT2D eigenvalue weighted by atomic mass is 9.97. The van der Waals surface area contributed by atoms with Crippen molar-refractivity contribution in [3.63, 3.8) is 0 Å². The van der Waals surface area contributed by atoms with Crippen LogP contribution in [0.25, 0.3) is 0 Å². The van der Waals surface area contributed by atoms with Gasteiger partial charge < -0.3 is 5.11 Å². The highest BCUT2D eigenvalue weighted by Crippen LogP contribution is 2.23. The second kappa shape index (κ2) is 8.09. The van der Waals surface area contributed by atoms with Crippen molar-refractivity contribution in [3.05, 3.63) is 29.8 Å². The van der Waals surface area contributed by atoms with Crippen molar-refractivity contribution < 1.29 is 17.7 Å². The Labute approximate surface area is 133 Å². The first kappa shape index (κ1) is 17.4. The average molecular weight is 326 g/mol. The fourth-order valence-electron chi connectivity index (χ4n) is 2.82. The van der Waals surface area contributed by atoms with E-state index in [-0.39, 0.29) is 4.90 Å². The predicted molar refractivity (Wildman–Crippen MR) is 86.2 cm³/mol. The van der Waals surface area contributed by atoms with Crippen LogP contribution >= 0.6 is 0 Å². The Bertz CT molecular complexity index is 551. The van der Waals surface area contributed by atoms with Gasteiger partial charge in [-0.15, -0.1) is 0 Å². The van der Waals surface area contributed by atoms with Crippen LogP contribution in [0, 0.1) is 6.92 Å². The van der Waals surface area contributed by atoms with Crippen LogP contribution in [0.3, 0.4) is 0 Å². The zero-order valence-corrected chi connectivity index (χ0v) is 14.0. The molecule has 0 unspecified atom stereocenters. The summed E-state index contributed by atoms with van der Waals surface area (Å²) in [7, 11) is -3.82. The van der Waals surface area contributed by atoms with Crippen molar-refractivity contribution in [1.82, 2.24) is 0 Å². The standard InChI is InChI=1S/C17H26O4S/c1-14-10-12-15(13-11-14)22(19,20)21-17-9-7-5-3-2-4-6-8-16(17)18/h10-13,16-18H,2-9H2,1H3/t16-,17+/m0/s1. The minimum Gasteiger partial charge on any atom is -0.390 e. The maximum Gasteiger partial charge on any atom is 0.297 e. The van der Waals surface area contributed by atoms with Crippen LogP contribution in [0.2, 0.25) is 0 Å². The maximum atomic E-state index is 12.4. The Morgan fingerprint density at radius 3 is 2.14 bits per heavy atom. The Balaban J connectivity index is 2.08. The summed E-state index contributed by atoms with van der Waals surface area (Å²) in [5.74, 6) is 0. The molecule has 4 nitrogen and oxygen atoms in total. The van der Waals surface area contributed by atoms with Crippen molar-refractivity contribution in [2.75, 3.05) is 0 Å². The van der Waals surface area contributed by atoms with Gasteiger partial charge in [0.25, 0.3) is 10.1 Å². The number of benzene rings is 1. The van der Waals surface area contributed by atoms with Gasteiger partial charge >= 0.3 is 0 Å². The van der Waals surface area contributed by atoms with Crippen molar-refractivity contribution in [3.8, 4) is 0 Å². The van der Waals surface area contributed by atoms with Crippen molar-refractivity contribution in [2.45, 2.75) is 75.4 Å². The van der Waals surface area contributed by atoms with Crippen LogP contribution in [-0.2, 0) is 14.3 Å². The summed E-state index contributed by atoms with van der Waals surface area (Å²) in [4.78, 5) is 0.155. The van der Waals surface area contributed by atoms with E-state index >= 15 is 0 Å². The smallest absolute Gasteiger partial charge is 0.297 e. The Kier molecular flexibility index (Phi) is 6.41. The second-order valence-corrected chi connectivity index (χ2v) is 7.74. The Morgan fingerprint density at radius 1 is 0.955 bits per heavy atom. The third-order valence-electron chi connectivity index (χ3n) is 4.23. The van der Waals surface area contributed by atoms with Gasteiger partial charge in [0.05, 0.1) is 11.0 Å². The SMILES string of the molecule is Cc1ccc(S(=O)(=O)O[C@@H]2CCCCCCCC[C@@H]2O)cc1. The lowest BCUT2D eigenvalue weighted by Gasteiger charge is -2.24. The molecule has 0 aliphatic heterocycles. The van der Waals surface area contributed by atoms with Gasteiger partial charge in [-0.25, -0.2) is 0 Å². The first-order valence-corrected chi connectivity index (χ1v) is 9.58. The third kappa shape index (κ3) is 5.07. The van der Waals surface area contributed by atoms with Crippen LogP contribution in [0.4, 0.5) is 0 Å². The van der Waals surface area contributed by atoms with Gasteiger partial charge in [-0.3, -0.25) is 4.18 Å². The van der Waals surface area contributed by atoms with Crippen LogP contribution in [0.5, 0.6) is 0 Å². The van der Waals surface area contributed by atoms with Gasteiger partial charge in [-0.2, -0.15) is 8.42 Å². The van der Waals surface area contributed by atoms with Crippen LogP contribution in [0.1, 0.15) is 56.9 Å². The molecule has 0 bridgehead atoms. The number of hydrogen-bond donors (Lipinski definition) is 1. The molecular formula is C17H26O4S. The van der Waals surface area contributed by atoms with Gasteiger partial charge in [0.1, 0.15) is 6.10 Å². The zero-order valence-electron chi connectivity index (χ0n) is 13.2. The van der Waals surface area contributed by atoms with Gasteiger partial charge in [0, 0.05) is 0 Å². The molecule has 1 fully saturated rings. The highest BCUT2D eigenvalue weighted by atomic mass is 32.2. The lowest BCUT2D eigenvalue weighted by molar-refractivity contribution is 0.0256. The minimum absolute atomic E-state index is 0.155. The van der Waals surface area contributed by atoms with Crippen molar-refractivity contribution in [1.29, 1.82) is 0 Å². The molecule has 0 radical (unpaired) electrons. The topological polar surface area (TPSA) is 63.6 Å². The highest BCUT2D eigenvalue weighted by molar-refractivity contribution is 7.86. The van der Waals surface area contributed by atoms with Crippen LogP contribution in [-0.4, -0.2) is 25.7 Å². The molecule has 1 aromatic rings. The molecule has 124 valence electrons. The molecule has 0 amide bonds. The fourth-order valence-corrected chi connectivity index (χ4v) is 3.95. The van der Waals surface area contributed by atoms with E-state index in [0.29, 0.717) is 12.8 Å². The normalized spacial score (nSPS) is 24.8. The van der Waals surface area contributed by atoms with Gasteiger partial charge in [0.2, 0.25) is 0 Å². The largest absolute Gasteiger partial charge is 0.390 e. The Hall–Kier alpha value is -0.910. The molecule has 0 spiro atoms. The fraction of sp³-hybridized carbons (Fsp3) is 0.647. The molecule has 1 N–H and O–H groups in total. The predicted octanol–water partition coefficient (Wildman–Crippen LogP) is 3.56. The van der Waals surface area contributed by atoms with Gasteiger partial charge in [0.15, 0.2) is 0 Å². The molecule has 0 aromatic heterocycles. The van der Waals surface area contributed by atoms with Gasteiger partial charge in [-0.05, 0) is 31.9 Å². The quantitative estimate of drug-likeness (QED) is 0.863. The van der Waals surface area contributed by atoms with Crippen LogP contribution < -0.4 is 0 Å². The molecule has 0 saturated heterocycles. The van der Waals surface area contributed by atoms with E-state index in [1.807, 2.05) is 6.92 Å². The first-order chi connectivity index (χ1) is 10.5. The zero-order chi connectivity index (χ0) is 16.0. The molecular weight excluding hydrogens is 300 g/mol. The lowest BCUT2D eigenvalue weighted by Crippen LogP contribution is -2.31. The summed E-state index contributed by atoms with van der Waals surface area (Å²) in [5, 5.41) is 10.3. The van der Waals surface area contributed by atoms with E-state index in [2.05, 4.69) is 0 Å². The number of aryl methyl sites for hydroxylation is 1. The molecule has 1 aliphatic rings. The summed E-state index contributed by atoms with van der Waals surface area (Å²) in [6.07, 6.45) is 6.19. The average Bonchev–Trinajstić information content (AvgIpc) is 2.48. The number of hydrogen-bond acceptors (Lipinski definition) is 4. The summed E-state index contributed by atoms with van der Waals surface area (Å²) in [6.45, 7) is 1.91. The summed E-state index contributed by atoms with van der Waals surface area (Å²) in [6, 6.07) is 6.61. The maximum absolute atomic E-state index is 12.4. The number of aliphatic hydroxyl groups is 1. The summed E-state index contributed by atoms with van der Waals surface area (Å²) >= 11 is 0. The van der Waals surface area contributed by atoms with E-state index in [1.165, 1.54) is 12.8 Å². The molecule has 2 atom stereocenters. The second-order valence-electron chi connectivity index (χ2n) is 6.17. The Morgan fingerprint density at radius 2 is 1.50 bits per heavy atom. The molecule has 1 aromatic carbocycles. The van der Waals surface area contributed by atoms with E-state index in [9.17, 15) is 13.5 Å². The van der Waals surface area contributed by atoms with E-state index < -0.39 is 22.3 Å². The van der Waals surface area contributed by atoms with E-state index in [1.54, 1.807) is 24.3 Å². The van der Waals surface area contributed by atoms with Gasteiger partial charge in [-0.1, -0.05) is 56.2 Å². The van der Waals surface area contributed by atoms with E-state index in [0.717, 1.165) is 31.2 Å². The highest BCUT2D eigenvalue weighted by Gasteiger charge is 2.27. The minimum atomic E-state index is -3.82. The van der Waals surface area contributed by atoms with Crippen LogP contribution in [0.15, 0.2) is 29.2 Å². The summed E-state index contributed by atoms with van der Waals surface area (Å²) < 4.78 is 30.1. The molecule has 5 heteroatoms. The molecule has 2 rings (SSSR count). The molecule has 1 aliphatic carbocycles. The third-order valence-corrected chi connectivity index (χ3v) is 5.58. The molecule has 0 heterocycles. The number of rotatable bonds is 3.